The van der Waals surface area contributed by atoms with Gasteiger partial charge in [-0.3, -0.25) is 0 Å². The van der Waals surface area contributed by atoms with Gasteiger partial charge in [0, 0.05) is 12.6 Å². The molecule has 1 heterocycles. The molecule has 88 valence electrons. The summed E-state index contributed by atoms with van der Waals surface area (Å²) < 4.78 is 13.1. The molecule has 2 N–H and O–H groups in total. The zero-order valence-electron chi connectivity index (χ0n) is 9.36. The van der Waals surface area contributed by atoms with Crippen LogP contribution in [0.5, 0.6) is 0 Å². The first-order chi connectivity index (χ1) is 7.70. The molecular formula is C12H17FN2O. The summed E-state index contributed by atoms with van der Waals surface area (Å²) in [5.74, 6) is -0.252. The highest BCUT2D eigenvalue weighted by molar-refractivity contribution is 5.20. The minimum absolute atomic E-state index is 0.109. The Morgan fingerprint density at radius 3 is 3.00 bits per heavy atom. The molecule has 2 unspecified atom stereocenters. The van der Waals surface area contributed by atoms with Crippen molar-refractivity contribution in [1.82, 2.24) is 10.4 Å². The van der Waals surface area contributed by atoms with Crippen LogP contribution in [0.1, 0.15) is 24.4 Å². The second-order valence-electron chi connectivity index (χ2n) is 4.24. The molecule has 1 fully saturated rings. The molecule has 0 aliphatic carbocycles. The largest absolute Gasteiger partial charge is 0.317 e. The molecule has 0 radical (unpaired) electrons. The minimum Gasteiger partial charge on any atom is -0.317 e. The van der Waals surface area contributed by atoms with Crippen molar-refractivity contribution < 1.29 is 9.60 Å². The predicted molar refractivity (Wildman–Crippen MR) is 59.7 cm³/mol. The average Bonchev–Trinajstić information content (AvgIpc) is 2.30. The van der Waals surface area contributed by atoms with E-state index in [1.807, 2.05) is 13.1 Å². The van der Waals surface area contributed by atoms with E-state index in [0.29, 0.717) is 12.6 Å². The van der Waals surface area contributed by atoms with E-state index in [4.69, 9.17) is 0 Å². The predicted octanol–water partition coefficient (Wildman–Crippen LogP) is 1.94. The second kappa shape index (κ2) is 4.91. The molecule has 2 rings (SSSR count). The first kappa shape index (κ1) is 11.5. The van der Waals surface area contributed by atoms with Gasteiger partial charge < -0.3 is 10.5 Å². The standard InChI is InChI=1S/C12H17FN2O/c1-14-11-5-6-15(16)12(8-11)9-3-2-4-10(13)7-9/h2-4,7,11-12,14,16H,5-6,8H2,1H3. The number of halogens is 1. The average molecular weight is 224 g/mol. The zero-order valence-corrected chi connectivity index (χ0v) is 9.36. The molecule has 4 heteroatoms. The molecular weight excluding hydrogens is 207 g/mol. The Kier molecular flexibility index (Phi) is 3.53. The van der Waals surface area contributed by atoms with E-state index in [-0.39, 0.29) is 11.9 Å². The van der Waals surface area contributed by atoms with Crippen LogP contribution in [0.15, 0.2) is 24.3 Å². The minimum atomic E-state index is -0.252. The normalized spacial score (nSPS) is 26.9. The lowest BCUT2D eigenvalue weighted by molar-refractivity contribution is -0.148. The van der Waals surface area contributed by atoms with Crippen LogP contribution in [-0.2, 0) is 0 Å². The molecule has 16 heavy (non-hydrogen) atoms. The maximum Gasteiger partial charge on any atom is 0.123 e. The summed E-state index contributed by atoms with van der Waals surface area (Å²) >= 11 is 0. The van der Waals surface area contributed by atoms with Crippen LogP contribution in [0.4, 0.5) is 4.39 Å². The molecule has 1 aliphatic rings. The maximum atomic E-state index is 13.1. The number of piperidine rings is 1. The molecule has 0 bridgehead atoms. The van der Waals surface area contributed by atoms with Gasteiger partial charge in [-0.15, -0.1) is 0 Å². The van der Waals surface area contributed by atoms with Gasteiger partial charge >= 0.3 is 0 Å². The second-order valence-corrected chi connectivity index (χ2v) is 4.24. The lowest BCUT2D eigenvalue weighted by Gasteiger charge is -2.35. The smallest absolute Gasteiger partial charge is 0.123 e. The van der Waals surface area contributed by atoms with E-state index in [9.17, 15) is 9.60 Å². The molecule has 2 atom stereocenters. The summed E-state index contributed by atoms with van der Waals surface area (Å²) in [7, 11) is 1.92. The van der Waals surface area contributed by atoms with E-state index in [0.717, 1.165) is 18.4 Å². The number of nitrogens with zero attached hydrogens (tertiary/aromatic N) is 1. The SMILES string of the molecule is CNC1CCN(O)C(c2cccc(F)c2)C1. The maximum absolute atomic E-state index is 13.1. The van der Waals surface area contributed by atoms with Crippen LogP contribution in [0.2, 0.25) is 0 Å². The lowest BCUT2D eigenvalue weighted by Crippen LogP contribution is -2.41. The van der Waals surface area contributed by atoms with Gasteiger partial charge in [0.25, 0.3) is 0 Å². The summed E-state index contributed by atoms with van der Waals surface area (Å²) in [6.45, 7) is 0.618. The fraction of sp³-hybridized carbons (Fsp3) is 0.500. The zero-order chi connectivity index (χ0) is 11.5. The lowest BCUT2D eigenvalue weighted by atomic mass is 9.93. The van der Waals surface area contributed by atoms with Crippen molar-refractivity contribution in [1.29, 1.82) is 0 Å². The molecule has 1 aromatic carbocycles. The first-order valence-electron chi connectivity index (χ1n) is 5.59. The third-order valence-electron chi connectivity index (χ3n) is 3.22. The highest BCUT2D eigenvalue weighted by atomic mass is 19.1. The van der Waals surface area contributed by atoms with E-state index in [1.165, 1.54) is 17.2 Å². The van der Waals surface area contributed by atoms with Crippen LogP contribution >= 0.6 is 0 Å². The molecule has 0 aromatic heterocycles. The van der Waals surface area contributed by atoms with Crippen molar-refractivity contribution in [3.8, 4) is 0 Å². The van der Waals surface area contributed by atoms with Crippen LogP contribution in [-0.4, -0.2) is 29.9 Å². The highest BCUT2D eigenvalue weighted by Gasteiger charge is 2.27. The van der Waals surface area contributed by atoms with Crippen LogP contribution in [0.25, 0.3) is 0 Å². The highest BCUT2D eigenvalue weighted by Crippen LogP contribution is 2.29. The monoisotopic (exact) mass is 224 g/mol. The topological polar surface area (TPSA) is 35.5 Å². The Morgan fingerprint density at radius 2 is 2.31 bits per heavy atom. The van der Waals surface area contributed by atoms with Crippen molar-refractivity contribution in [2.45, 2.75) is 24.9 Å². The van der Waals surface area contributed by atoms with Crippen molar-refractivity contribution in [2.75, 3.05) is 13.6 Å². The Balaban J connectivity index is 2.17. The van der Waals surface area contributed by atoms with Gasteiger partial charge in [-0.25, -0.2) is 4.39 Å². The van der Waals surface area contributed by atoms with Crippen LogP contribution in [0.3, 0.4) is 0 Å². The fourth-order valence-corrected chi connectivity index (χ4v) is 2.24. The summed E-state index contributed by atoms with van der Waals surface area (Å²) in [6.07, 6.45) is 1.72. The number of benzene rings is 1. The van der Waals surface area contributed by atoms with Crippen LogP contribution in [0, 0.1) is 5.82 Å². The fourth-order valence-electron chi connectivity index (χ4n) is 2.24. The summed E-state index contributed by atoms with van der Waals surface area (Å²) in [6, 6.07) is 6.73. The number of hydroxylamine groups is 2. The van der Waals surface area contributed by atoms with E-state index < -0.39 is 0 Å². The summed E-state index contributed by atoms with van der Waals surface area (Å²) in [5.41, 5.74) is 0.836. The third-order valence-corrected chi connectivity index (χ3v) is 3.22. The number of nitrogens with one attached hydrogen (secondary N) is 1. The number of hydrogen-bond donors (Lipinski definition) is 2. The molecule has 1 aromatic rings. The van der Waals surface area contributed by atoms with E-state index >= 15 is 0 Å². The summed E-state index contributed by atoms with van der Waals surface area (Å²) in [4.78, 5) is 0. The number of hydrogen-bond acceptors (Lipinski definition) is 3. The Morgan fingerprint density at radius 1 is 1.50 bits per heavy atom. The molecule has 0 amide bonds. The van der Waals surface area contributed by atoms with Gasteiger partial charge in [-0.1, -0.05) is 12.1 Å². The van der Waals surface area contributed by atoms with E-state index in [2.05, 4.69) is 5.32 Å². The van der Waals surface area contributed by atoms with Crippen molar-refractivity contribution in [2.24, 2.45) is 0 Å². The van der Waals surface area contributed by atoms with E-state index in [1.54, 1.807) is 6.07 Å². The molecule has 0 spiro atoms. The Bertz CT molecular complexity index is 359. The third kappa shape index (κ3) is 2.40. The van der Waals surface area contributed by atoms with Crippen molar-refractivity contribution >= 4 is 0 Å². The quantitative estimate of drug-likeness (QED) is 0.806. The molecule has 0 saturated carbocycles. The Labute approximate surface area is 94.8 Å². The van der Waals surface area contributed by atoms with Gasteiger partial charge in [-0.2, -0.15) is 5.06 Å². The van der Waals surface area contributed by atoms with Crippen molar-refractivity contribution in [3.05, 3.63) is 35.6 Å². The van der Waals surface area contributed by atoms with Gasteiger partial charge in [0.2, 0.25) is 0 Å². The number of rotatable bonds is 2. The van der Waals surface area contributed by atoms with Crippen LogP contribution < -0.4 is 5.32 Å². The first-order valence-corrected chi connectivity index (χ1v) is 5.59. The summed E-state index contributed by atoms with van der Waals surface area (Å²) in [5, 5.41) is 14.3. The molecule has 1 aliphatic heterocycles. The van der Waals surface area contributed by atoms with Gasteiger partial charge in [0.05, 0.1) is 6.04 Å². The Hall–Kier alpha value is -0.970. The van der Waals surface area contributed by atoms with Crippen molar-refractivity contribution in [3.63, 3.8) is 0 Å². The molecule has 3 nitrogen and oxygen atoms in total. The van der Waals surface area contributed by atoms with Gasteiger partial charge in [0.15, 0.2) is 0 Å². The molecule has 1 saturated heterocycles. The van der Waals surface area contributed by atoms with Gasteiger partial charge in [0.1, 0.15) is 5.82 Å². The van der Waals surface area contributed by atoms with Gasteiger partial charge in [-0.05, 0) is 37.6 Å².